The fourth-order valence-corrected chi connectivity index (χ4v) is 1.91. The van der Waals surface area contributed by atoms with Crippen LogP contribution in [0.4, 0.5) is 5.69 Å². The van der Waals surface area contributed by atoms with Crippen LogP contribution >= 0.6 is 9.24 Å². The third-order valence-corrected chi connectivity index (χ3v) is 3.21. The molecule has 1 aromatic rings. The Kier molecular flexibility index (Phi) is 32.5. The Labute approximate surface area is 211 Å². The van der Waals surface area contributed by atoms with Crippen molar-refractivity contribution in [3.63, 3.8) is 0 Å². The summed E-state index contributed by atoms with van der Waals surface area (Å²) in [6, 6.07) is 6.02. The maximum atomic E-state index is 11.9. The van der Waals surface area contributed by atoms with Crippen LogP contribution in [-0.4, -0.2) is 62.9 Å². The summed E-state index contributed by atoms with van der Waals surface area (Å²) in [5.41, 5.74) is 5.50. The molecule has 0 aromatic heterocycles. The Balaban J connectivity index is -0.000000472. The minimum absolute atomic E-state index is 0.103. The first-order valence-corrected chi connectivity index (χ1v) is 12.4. The van der Waals surface area contributed by atoms with Crippen LogP contribution in [0.15, 0.2) is 24.3 Å². The number of hydrogen-bond acceptors (Lipinski definition) is 7. The lowest BCUT2D eigenvalue weighted by Crippen LogP contribution is -2.48. The zero-order chi connectivity index (χ0) is 28.2. The van der Waals surface area contributed by atoms with Gasteiger partial charge in [0.05, 0.1) is 13.1 Å². The maximum absolute atomic E-state index is 11.9. The number of rotatable bonds is 9. The lowest BCUT2D eigenvalue weighted by atomic mass is 10.2. The normalized spacial score (nSPS) is 9.17. The maximum Gasteiger partial charge on any atom is 0.302 e. The number of carbonyl (C=O) groups excluding carboxylic acids is 5. The van der Waals surface area contributed by atoms with E-state index in [1.807, 2.05) is 34.4 Å². The van der Waals surface area contributed by atoms with Crippen LogP contribution in [0.5, 0.6) is 0 Å². The first kappa shape index (κ1) is 39.2. The summed E-state index contributed by atoms with van der Waals surface area (Å²) in [4.78, 5) is 54.4. The average molecular weight is 518 g/mol. The summed E-state index contributed by atoms with van der Waals surface area (Å²) in [5, 5.41) is 10.3. The number of nitrogens with one attached hydrogen (secondary N) is 4. The molecule has 0 aliphatic heterocycles. The molecule has 35 heavy (non-hydrogen) atoms. The van der Waals surface area contributed by atoms with E-state index in [-0.39, 0.29) is 38.0 Å². The summed E-state index contributed by atoms with van der Waals surface area (Å²) in [6.07, 6.45) is 0.250. The van der Waals surface area contributed by atoms with Gasteiger partial charge >= 0.3 is 5.97 Å². The second-order valence-corrected chi connectivity index (χ2v) is 5.70. The molecule has 11 nitrogen and oxygen atoms in total. The molecule has 0 fully saturated rings. The van der Waals surface area contributed by atoms with Gasteiger partial charge in [-0.3, -0.25) is 24.0 Å². The number of ether oxygens (including phenoxy) is 1. The molecule has 1 aromatic carbocycles. The first-order valence-electron chi connectivity index (χ1n) is 11.2. The number of esters is 1. The van der Waals surface area contributed by atoms with Gasteiger partial charge < -0.3 is 31.7 Å². The van der Waals surface area contributed by atoms with E-state index in [2.05, 4.69) is 36.2 Å². The van der Waals surface area contributed by atoms with Gasteiger partial charge in [0.1, 0.15) is 12.6 Å². The van der Waals surface area contributed by atoms with E-state index in [1.54, 1.807) is 31.3 Å². The Morgan fingerprint density at radius 3 is 1.91 bits per heavy atom. The zero-order valence-corrected chi connectivity index (χ0v) is 23.3. The molecule has 4 amide bonds. The van der Waals surface area contributed by atoms with Crippen molar-refractivity contribution >= 4 is 45.0 Å². The van der Waals surface area contributed by atoms with Gasteiger partial charge in [0.2, 0.25) is 24.1 Å². The molecule has 2 atom stereocenters. The van der Waals surface area contributed by atoms with Crippen molar-refractivity contribution in [1.29, 1.82) is 0 Å². The quantitative estimate of drug-likeness (QED) is 0.186. The molecule has 0 bridgehead atoms. The Morgan fingerprint density at radius 2 is 1.49 bits per heavy atom. The van der Waals surface area contributed by atoms with E-state index >= 15 is 0 Å². The van der Waals surface area contributed by atoms with Crippen LogP contribution in [0.3, 0.4) is 0 Å². The van der Waals surface area contributed by atoms with Crippen molar-refractivity contribution < 1.29 is 28.7 Å². The van der Waals surface area contributed by atoms with E-state index in [1.165, 1.54) is 13.8 Å². The third kappa shape index (κ3) is 25.4. The van der Waals surface area contributed by atoms with Crippen LogP contribution in [-0.2, 0) is 35.3 Å². The molecule has 0 saturated carbocycles. The van der Waals surface area contributed by atoms with E-state index in [9.17, 15) is 19.2 Å². The van der Waals surface area contributed by atoms with E-state index < -0.39 is 17.9 Å². The standard InChI is InChI=1S/C17H24N4O5.2C2H6.CH3NO.CH5P/c1-11(20-15(23)8-18-3)17(25)19-9-16(24)21-14-6-4-13(5-7-14)10-26-12(2)22;2*1-2;2-1-3;1-2/h4-7,11,18H,8-10H2,1-3H3,(H,19,25)(H,20,23)(H,21,24);2*1-2H3;1H,(H2,2,3);2H2,1H3. The second kappa shape index (κ2) is 29.0. The highest BCUT2D eigenvalue weighted by Crippen LogP contribution is 2.10. The van der Waals surface area contributed by atoms with Crippen LogP contribution < -0.4 is 27.0 Å². The topological polar surface area (TPSA) is 169 Å². The van der Waals surface area contributed by atoms with Gasteiger partial charge in [0, 0.05) is 12.6 Å². The van der Waals surface area contributed by atoms with Crippen molar-refractivity contribution in [1.82, 2.24) is 16.0 Å². The van der Waals surface area contributed by atoms with E-state index in [4.69, 9.17) is 9.53 Å². The molecule has 0 heterocycles. The summed E-state index contributed by atoms with van der Waals surface area (Å²) >= 11 is 0. The van der Waals surface area contributed by atoms with Gasteiger partial charge in [-0.2, -0.15) is 0 Å². The third-order valence-electron chi connectivity index (χ3n) is 3.21. The average Bonchev–Trinajstić information content (AvgIpc) is 2.86. The molecule has 0 aliphatic rings. The smallest absolute Gasteiger partial charge is 0.302 e. The molecule has 0 radical (unpaired) electrons. The SMILES string of the molecule is CC.CC.CNCC(=O)NC(C)C(=O)NCC(=O)Nc1ccc(COC(C)=O)cc1.CP.NC=O. The minimum Gasteiger partial charge on any atom is -0.461 e. The number of amides is 4. The van der Waals surface area contributed by atoms with Crippen molar-refractivity contribution in [3.05, 3.63) is 29.8 Å². The number of carbonyl (C=O) groups is 5. The number of hydrogen-bond donors (Lipinski definition) is 5. The highest BCUT2D eigenvalue weighted by molar-refractivity contribution is 7.15. The predicted octanol–water partition coefficient (Wildman–Crippen LogP) is 1.17. The van der Waals surface area contributed by atoms with Crippen LogP contribution in [0.1, 0.15) is 47.1 Å². The van der Waals surface area contributed by atoms with Crippen molar-refractivity contribution in [3.8, 4) is 0 Å². The Hall–Kier alpha value is -3.04. The van der Waals surface area contributed by atoms with Gasteiger partial charge in [-0.15, -0.1) is 9.24 Å². The second-order valence-electron chi connectivity index (χ2n) is 5.70. The van der Waals surface area contributed by atoms with Crippen LogP contribution in [0, 0.1) is 0 Å². The van der Waals surface area contributed by atoms with E-state index in [0.717, 1.165) is 5.56 Å². The Morgan fingerprint density at radius 1 is 1.00 bits per heavy atom. The molecule has 12 heteroatoms. The minimum atomic E-state index is -0.746. The fourth-order valence-electron chi connectivity index (χ4n) is 1.91. The lowest BCUT2D eigenvalue weighted by molar-refractivity contribution is -0.142. The van der Waals surface area contributed by atoms with Gasteiger partial charge in [-0.1, -0.05) is 46.5 Å². The summed E-state index contributed by atoms with van der Waals surface area (Å²) in [7, 11) is 4.04. The first-order chi connectivity index (χ1) is 16.7. The predicted molar refractivity (Wildman–Crippen MR) is 144 cm³/mol. The number of primary amides is 1. The molecular weight excluding hydrogens is 473 g/mol. The van der Waals surface area contributed by atoms with Gasteiger partial charge in [0.15, 0.2) is 0 Å². The van der Waals surface area contributed by atoms with E-state index in [0.29, 0.717) is 5.69 Å². The molecule has 1 rings (SSSR count). The van der Waals surface area contributed by atoms with Gasteiger partial charge in [-0.25, -0.2) is 0 Å². The fraction of sp³-hybridized carbons (Fsp3) is 0.522. The monoisotopic (exact) mass is 517 g/mol. The zero-order valence-electron chi connectivity index (χ0n) is 22.2. The molecule has 0 spiro atoms. The molecule has 202 valence electrons. The summed E-state index contributed by atoms with van der Waals surface area (Å²) < 4.78 is 4.87. The molecule has 0 aliphatic carbocycles. The largest absolute Gasteiger partial charge is 0.461 e. The number of anilines is 1. The molecule has 0 saturated heterocycles. The molecular formula is C23H44N5O6P. The van der Waals surface area contributed by atoms with Crippen molar-refractivity contribution in [2.24, 2.45) is 5.73 Å². The molecule has 6 N–H and O–H groups in total. The van der Waals surface area contributed by atoms with Crippen LogP contribution in [0.2, 0.25) is 0 Å². The van der Waals surface area contributed by atoms with Crippen LogP contribution in [0.25, 0.3) is 0 Å². The Bertz CT molecular complexity index is 702. The highest BCUT2D eigenvalue weighted by Gasteiger charge is 2.15. The summed E-state index contributed by atoms with van der Waals surface area (Å²) in [6.45, 7) is 12.8. The van der Waals surface area contributed by atoms with Gasteiger partial charge in [-0.05, 0) is 31.7 Å². The van der Waals surface area contributed by atoms with Crippen molar-refractivity contribution in [2.75, 3.05) is 32.1 Å². The lowest BCUT2D eigenvalue weighted by Gasteiger charge is -2.14. The van der Waals surface area contributed by atoms with Gasteiger partial charge in [0.25, 0.3) is 0 Å². The summed E-state index contributed by atoms with van der Waals surface area (Å²) in [5.74, 6) is -1.54. The van der Waals surface area contributed by atoms with Crippen molar-refractivity contribution in [2.45, 2.75) is 54.2 Å². The number of nitrogens with two attached hydrogens (primary N) is 1. The highest BCUT2D eigenvalue weighted by atomic mass is 31.0. The molecule has 2 unspecified atom stereocenters. The number of benzene rings is 1. The number of likely N-dealkylation sites (N-methyl/N-ethyl adjacent to an activating group) is 1.